The van der Waals surface area contributed by atoms with Crippen LogP contribution in [-0.2, 0) is 0 Å². The molecule has 0 bridgehead atoms. The molecule has 0 saturated carbocycles. The molecule has 0 aliphatic rings. The van der Waals surface area contributed by atoms with Crippen LogP contribution in [0.3, 0.4) is 0 Å². The second-order valence-corrected chi connectivity index (χ2v) is 5.99. The standard InChI is InChI=1S/C14H12N6OS/c1-7-12(22-14-19-17-8(2)20(7)14)13(21)16-10-4-3-9-6-15-18-11(9)5-10/h3-6H,1-2H3,(H,15,18)(H,16,21). The number of hydrogen-bond acceptors (Lipinski definition) is 5. The van der Waals surface area contributed by atoms with Crippen molar-refractivity contribution in [3.8, 4) is 0 Å². The minimum atomic E-state index is -0.147. The molecule has 0 aliphatic heterocycles. The Morgan fingerprint density at radius 3 is 3.00 bits per heavy atom. The van der Waals surface area contributed by atoms with Crippen LogP contribution in [0.5, 0.6) is 0 Å². The molecule has 1 aromatic carbocycles. The molecule has 0 radical (unpaired) electrons. The van der Waals surface area contributed by atoms with Crippen LogP contribution in [0.25, 0.3) is 15.9 Å². The summed E-state index contributed by atoms with van der Waals surface area (Å²) in [5.74, 6) is 0.632. The number of aromatic nitrogens is 5. The molecule has 3 heterocycles. The van der Waals surface area contributed by atoms with E-state index < -0.39 is 0 Å². The zero-order chi connectivity index (χ0) is 15.3. The molecule has 0 atom stereocenters. The van der Waals surface area contributed by atoms with Crippen LogP contribution >= 0.6 is 11.3 Å². The van der Waals surface area contributed by atoms with Crippen LogP contribution in [0.15, 0.2) is 24.4 Å². The van der Waals surface area contributed by atoms with Crippen molar-refractivity contribution >= 4 is 38.8 Å². The number of amides is 1. The summed E-state index contributed by atoms with van der Waals surface area (Å²) in [4.78, 5) is 13.9. The minimum Gasteiger partial charge on any atom is -0.321 e. The first-order valence-corrected chi connectivity index (χ1v) is 7.51. The normalized spacial score (nSPS) is 11.4. The molecule has 1 amide bonds. The summed E-state index contributed by atoms with van der Waals surface area (Å²) in [7, 11) is 0. The largest absolute Gasteiger partial charge is 0.321 e. The van der Waals surface area contributed by atoms with E-state index in [9.17, 15) is 4.79 Å². The van der Waals surface area contributed by atoms with Gasteiger partial charge in [0.05, 0.1) is 11.7 Å². The van der Waals surface area contributed by atoms with Gasteiger partial charge >= 0.3 is 0 Å². The molecule has 2 N–H and O–H groups in total. The zero-order valence-corrected chi connectivity index (χ0v) is 12.7. The number of rotatable bonds is 2. The topological polar surface area (TPSA) is 88.0 Å². The van der Waals surface area contributed by atoms with Gasteiger partial charge in [-0.05, 0) is 32.0 Å². The molecule has 4 aromatic rings. The Morgan fingerprint density at radius 1 is 1.32 bits per heavy atom. The molecule has 8 heteroatoms. The Hall–Kier alpha value is -2.74. The number of anilines is 1. The zero-order valence-electron chi connectivity index (χ0n) is 11.9. The van der Waals surface area contributed by atoms with Gasteiger partial charge in [-0.3, -0.25) is 14.3 Å². The molecule has 0 aliphatic carbocycles. The van der Waals surface area contributed by atoms with Crippen LogP contribution in [0.2, 0.25) is 0 Å². The van der Waals surface area contributed by atoms with Crippen molar-refractivity contribution < 1.29 is 4.79 Å². The summed E-state index contributed by atoms with van der Waals surface area (Å²) in [6.45, 7) is 3.76. The summed E-state index contributed by atoms with van der Waals surface area (Å²) < 4.78 is 1.89. The number of carbonyl (C=O) groups is 1. The fourth-order valence-corrected chi connectivity index (χ4v) is 3.48. The van der Waals surface area contributed by atoms with Gasteiger partial charge in [0, 0.05) is 16.8 Å². The maximum Gasteiger partial charge on any atom is 0.267 e. The number of aromatic amines is 1. The maximum absolute atomic E-state index is 12.5. The number of hydrogen-bond donors (Lipinski definition) is 2. The van der Waals surface area contributed by atoms with Crippen LogP contribution in [0, 0.1) is 13.8 Å². The molecule has 0 unspecified atom stereocenters. The van der Waals surface area contributed by atoms with E-state index in [0.717, 1.165) is 33.1 Å². The quantitative estimate of drug-likeness (QED) is 0.595. The van der Waals surface area contributed by atoms with Gasteiger partial charge in [-0.25, -0.2) is 0 Å². The maximum atomic E-state index is 12.5. The molecule has 4 rings (SSSR count). The highest BCUT2D eigenvalue weighted by Crippen LogP contribution is 2.24. The predicted octanol–water partition coefficient (Wildman–Crippen LogP) is 2.54. The first-order valence-electron chi connectivity index (χ1n) is 6.69. The van der Waals surface area contributed by atoms with Gasteiger partial charge in [-0.15, -0.1) is 10.2 Å². The van der Waals surface area contributed by atoms with Crippen molar-refractivity contribution in [2.24, 2.45) is 0 Å². The van der Waals surface area contributed by atoms with Crippen molar-refractivity contribution in [2.45, 2.75) is 13.8 Å². The lowest BCUT2D eigenvalue weighted by atomic mass is 10.2. The summed E-state index contributed by atoms with van der Waals surface area (Å²) in [6.07, 6.45) is 1.75. The summed E-state index contributed by atoms with van der Waals surface area (Å²) in [5, 5.41) is 18.8. The van der Waals surface area contributed by atoms with Crippen LogP contribution in [-0.4, -0.2) is 30.7 Å². The predicted molar refractivity (Wildman–Crippen MR) is 84.4 cm³/mol. The highest BCUT2D eigenvalue weighted by atomic mass is 32.1. The lowest BCUT2D eigenvalue weighted by Crippen LogP contribution is -2.12. The van der Waals surface area contributed by atoms with Gasteiger partial charge in [-0.2, -0.15) is 5.10 Å². The van der Waals surface area contributed by atoms with E-state index in [4.69, 9.17) is 0 Å². The highest BCUT2D eigenvalue weighted by Gasteiger charge is 2.18. The molecular formula is C14H12N6OS. The first-order chi connectivity index (χ1) is 10.6. The Bertz CT molecular complexity index is 1010. The van der Waals surface area contributed by atoms with Gasteiger partial charge in [0.2, 0.25) is 4.96 Å². The SMILES string of the molecule is Cc1nnc2sc(C(=O)Nc3ccc4cn[nH]c4c3)c(C)n12. The molecule has 0 spiro atoms. The Morgan fingerprint density at radius 2 is 2.18 bits per heavy atom. The van der Waals surface area contributed by atoms with Crippen molar-refractivity contribution in [1.29, 1.82) is 0 Å². The number of aryl methyl sites for hydroxylation is 2. The molecule has 3 aromatic heterocycles. The monoisotopic (exact) mass is 312 g/mol. The number of nitrogens with one attached hydrogen (secondary N) is 2. The van der Waals surface area contributed by atoms with Crippen molar-refractivity contribution in [2.75, 3.05) is 5.32 Å². The molecule has 0 saturated heterocycles. The Labute approximate surface area is 129 Å². The van der Waals surface area contributed by atoms with E-state index in [0.29, 0.717) is 4.88 Å². The van der Waals surface area contributed by atoms with Crippen molar-refractivity contribution in [1.82, 2.24) is 24.8 Å². The van der Waals surface area contributed by atoms with Crippen LogP contribution in [0.1, 0.15) is 21.2 Å². The fraction of sp³-hybridized carbons (Fsp3) is 0.143. The number of H-pyrrole nitrogens is 1. The average Bonchev–Trinajstić information content (AvgIpc) is 3.17. The first kappa shape index (κ1) is 13.0. The number of benzene rings is 1. The van der Waals surface area contributed by atoms with Crippen molar-refractivity contribution in [3.63, 3.8) is 0 Å². The van der Waals surface area contributed by atoms with E-state index in [-0.39, 0.29) is 5.91 Å². The van der Waals surface area contributed by atoms with E-state index in [2.05, 4.69) is 25.7 Å². The second kappa shape index (κ2) is 4.63. The molecule has 7 nitrogen and oxygen atoms in total. The Kier molecular flexibility index (Phi) is 2.73. The smallest absolute Gasteiger partial charge is 0.267 e. The van der Waals surface area contributed by atoms with E-state index >= 15 is 0 Å². The molecule has 110 valence electrons. The summed E-state index contributed by atoms with van der Waals surface area (Å²) in [6, 6.07) is 5.63. The number of nitrogens with zero attached hydrogens (tertiary/aromatic N) is 4. The van der Waals surface area contributed by atoms with Gasteiger partial charge in [0.1, 0.15) is 10.7 Å². The van der Waals surface area contributed by atoms with Crippen LogP contribution < -0.4 is 5.32 Å². The van der Waals surface area contributed by atoms with E-state index in [1.54, 1.807) is 6.20 Å². The van der Waals surface area contributed by atoms with Gasteiger partial charge in [0.25, 0.3) is 5.91 Å². The number of carbonyl (C=O) groups excluding carboxylic acids is 1. The third-order valence-corrected chi connectivity index (χ3v) is 4.69. The van der Waals surface area contributed by atoms with E-state index in [1.165, 1.54) is 11.3 Å². The Balaban J connectivity index is 1.69. The molecular weight excluding hydrogens is 300 g/mol. The highest BCUT2D eigenvalue weighted by molar-refractivity contribution is 7.19. The minimum absolute atomic E-state index is 0.147. The van der Waals surface area contributed by atoms with Gasteiger partial charge in [0.15, 0.2) is 0 Å². The van der Waals surface area contributed by atoms with Gasteiger partial charge in [-0.1, -0.05) is 11.3 Å². The lowest BCUT2D eigenvalue weighted by Gasteiger charge is -2.04. The van der Waals surface area contributed by atoms with Crippen molar-refractivity contribution in [3.05, 3.63) is 40.8 Å². The summed E-state index contributed by atoms with van der Waals surface area (Å²) >= 11 is 1.33. The molecule has 0 fully saturated rings. The second-order valence-electron chi connectivity index (χ2n) is 5.01. The molecule has 22 heavy (non-hydrogen) atoms. The summed E-state index contributed by atoms with van der Waals surface area (Å²) in [5.41, 5.74) is 2.46. The van der Waals surface area contributed by atoms with Crippen LogP contribution in [0.4, 0.5) is 5.69 Å². The third-order valence-electron chi connectivity index (χ3n) is 3.56. The van der Waals surface area contributed by atoms with E-state index in [1.807, 2.05) is 36.4 Å². The third kappa shape index (κ3) is 1.88. The average molecular weight is 312 g/mol. The fourth-order valence-electron chi connectivity index (χ4n) is 2.48. The number of thiazole rings is 1. The number of fused-ring (bicyclic) bond motifs is 2. The van der Waals surface area contributed by atoms with Gasteiger partial charge < -0.3 is 5.32 Å². The lowest BCUT2D eigenvalue weighted by molar-refractivity contribution is 0.102.